The van der Waals surface area contributed by atoms with Crippen molar-refractivity contribution in [2.24, 2.45) is 23.3 Å². The van der Waals surface area contributed by atoms with Gasteiger partial charge in [0.15, 0.2) is 0 Å². The Labute approximate surface area is 245 Å². The lowest BCUT2D eigenvalue weighted by Gasteiger charge is -2.32. The molecule has 0 bridgehead atoms. The van der Waals surface area contributed by atoms with Gasteiger partial charge in [0.2, 0.25) is 11.7 Å². The second kappa shape index (κ2) is 12.8. The number of hydrogen-bond donors (Lipinski definition) is 3. The number of carbonyl (C=O) groups excluding carboxylic acids is 2. The molecule has 5 rings (SSSR count). The van der Waals surface area contributed by atoms with Crippen LogP contribution in [0, 0.1) is 11.8 Å². The molecule has 0 saturated heterocycles. The molecule has 5 N–H and O–H groups in total. The van der Waals surface area contributed by atoms with Gasteiger partial charge in [-0.1, -0.05) is 30.3 Å². The lowest BCUT2D eigenvalue weighted by atomic mass is 9.81. The van der Waals surface area contributed by atoms with E-state index in [9.17, 15) is 22.8 Å². The Morgan fingerprint density at radius 2 is 1.58 bits per heavy atom. The number of aromatic nitrogens is 5. The molecular weight excluding hydrogens is 561 g/mol. The monoisotopic (exact) mass is 592 g/mol. The fourth-order valence-electron chi connectivity index (χ4n) is 5.31. The third kappa shape index (κ3) is 6.95. The first-order chi connectivity index (χ1) is 20.6. The summed E-state index contributed by atoms with van der Waals surface area (Å²) in [5.74, 6) is -0.413. The van der Waals surface area contributed by atoms with Gasteiger partial charge in [-0.05, 0) is 91.2 Å². The highest BCUT2D eigenvalue weighted by atomic mass is 19.4. The van der Waals surface area contributed by atoms with E-state index in [4.69, 9.17) is 11.5 Å². The Hall–Kier alpha value is -4.49. The molecule has 1 saturated carbocycles. The quantitative estimate of drug-likeness (QED) is 0.276. The van der Waals surface area contributed by atoms with Crippen molar-refractivity contribution in [3.63, 3.8) is 0 Å². The van der Waals surface area contributed by atoms with Crippen molar-refractivity contribution in [1.29, 1.82) is 0 Å². The number of aromatic amines is 1. The number of rotatable bonds is 8. The highest BCUT2D eigenvalue weighted by molar-refractivity contribution is 6.17. The molecule has 10 nitrogen and oxygen atoms in total. The summed E-state index contributed by atoms with van der Waals surface area (Å²) in [4.78, 5) is 32.3. The smallest absolute Gasteiger partial charge is 0.330 e. The van der Waals surface area contributed by atoms with Crippen LogP contribution in [-0.4, -0.2) is 50.0 Å². The van der Waals surface area contributed by atoms with E-state index in [0.717, 1.165) is 24.5 Å². The van der Waals surface area contributed by atoms with Crippen molar-refractivity contribution in [2.45, 2.75) is 44.3 Å². The summed E-state index contributed by atoms with van der Waals surface area (Å²) in [6.07, 6.45) is -0.282. The predicted molar refractivity (Wildman–Crippen MR) is 153 cm³/mol. The van der Waals surface area contributed by atoms with Crippen LogP contribution in [-0.2, 0) is 22.2 Å². The van der Waals surface area contributed by atoms with Gasteiger partial charge in [-0.3, -0.25) is 14.6 Å². The fourth-order valence-corrected chi connectivity index (χ4v) is 5.31. The second-order valence-corrected chi connectivity index (χ2v) is 10.7. The summed E-state index contributed by atoms with van der Waals surface area (Å²) in [6, 6.07) is 15.0. The number of pyridine rings is 1. The van der Waals surface area contributed by atoms with Crippen LogP contribution in [0.3, 0.4) is 0 Å². The minimum atomic E-state index is -4.51. The summed E-state index contributed by atoms with van der Waals surface area (Å²) in [5, 5.41) is 13.9. The summed E-state index contributed by atoms with van der Waals surface area (Å²) in [7, 11) is 0. The maximum atomic E-state index is 13.8. The second-order valence-electron chi connectivity index (χ2n) is 10.7. The molecule has 0 spiro atoms. The summed E-state index contributed by atoms with van der Waals surface area (Å²) < 4.78 is 38.5. The van der Waals surface area contributed by atoms with Gasteiger partial charge < -0.3 is 11.5 Å². The van der Waals surface area contributed by atoms with E-state index in [-0.39, 0.29) is 18.2 Å². The molecule has 2 heterocycles. The molecule has 1 aliphatic carbocycles. The molecule has 1 atom stereocenters. The van der Waals surface area contributed by atoms with Crippen molar-refractivity contribution < 1.29 is 22.8 Å². The highest BCUT2D eigenvalue weighted by Gasteiger charge is 2.35. The van der Waals surface area contributed by atoms with Crippen LogP contribution in [0.4, 0.5) is 18.9 Å². The molecule has 0 unspecified atom stereocenters. The van der Waals surface area contributed by atoms with Gasteiger partial charge in [0.25, 0.3) is 5.91 Å². The molecule has 0 aliphatic heterocycles. The number of amides is 2. The largest absolute Gasteiger partial charge is 0.433 e. The van der Waals surface area contributed by atoms with Crippen LogP contribution < -0.4 is 16.4 Å². The summed E-state index contributed by atoms with van der Waals surface area (Å²) >= 11 is 0. The Bertz CT molecular complexity index is 1520. The molecule has 224 valence electrons. The number of benzene rings is 2. The van der Waals surface area contributed by atoms with Crippen LogP contribution in [0.2, 0.25) is 0 Å². The van der Waals surface area contributed by atoms with Crippen LogP contribution in [0.25, 0.3) is 22.5 Å². The average Bonchev–Trinajstić information content (AvgIpc) is 3.57. The van der Waals surface area contributed by atoms with E-state index >= 15 is 0 Å². The number of hydrogen-bond acceptors (Lipinski definition) is 8. The standard InChI is InChI=1S/C30H31F3N8O2/c31-30(32,33)26-14-11-23(17-36-26)20-5-1-18(2-6-20)15-25(35)29(43)41(28(42)22-7-3-19(16-34)4-8-22)24-12-9-21(10-13-24)27-37-39-40-38-27/h1-2,5-6,9-14,17,19,22,25H,3-4,7-8,15-16,34-35H2,(H,37,38,39,40)/t19?,22?,25-/m0/s1. The van der Waals surface area contributed by atoms with Crippen molar-refractivity contribution in [1.82, 2.24) is 25.6 Å². The maximum absolute atomic E-state index is 13.8. The summed E-state index contributed by atoms with van der Waals surface area (Å²) in [5.41, 5.74) is 14.2. The zero-order valence-corrected chi connectivity index (χ0v) is 23.2. The number of nitrogens with one attached hydrogen (secondary N) is 1. The molecule has 4 aromatic rings. The number of nitrogens with two attached hydrogens (primary N) is 2. The number of nitrogens with zero attached hydrogens (tertiary/aromatic N) is 5. The first-order valence-corrected chi connectivity index (χ1v) is 13.9. The molecular formula is C30H31F3N8O2. The highest BCUT2D eigenvalue weighted by Crippen LogP contribution is 2.32. The Morgan fingerprint density at radius 3 is 2.14 bits per heavy atom. The normalized spacial score (nSPS) is 17.8. The third-order valence-electron chi connectivity index (χ3n) is 7.81. The molecule has 1 fully saturated rings. The van der Waals surface area contributed by atoms with Crippen molar-refractivity contribution in [2.75, 3.05) is 11.4 Å². The van der Waals surface area contributed by atoms with E-state index in [1.54, 1.807) is 48.5 Å². The Balaban J connectivity index is 1.33. The van der Waals surface area contributed by atoms with Gasteiger partial charge in [0.1, 0.15) is 5.69 Å². The van der Waals surface area contributed by atoms with E-state index in [0.29, 0.717) is 53.5 Å². The summed E-state index contributed by atoms with van der Waals surface area (Å²) in [6.45, 7) is 0.570. The number of H-pyrrole nitrogens is 1. The van der Waals surface area contributed by atoms with Gasteiger partial charge in [-0.15, -0.1) is 10.2 Å². The van der Waals surface area contributed by atoms with Gasteiger partial charge in [0, 0.05) is 23.2 Å². The molecule has 43 heavy (non-hydrogen) atoms. The number of halogens is 3. The SMILES string of the molecule is NCC1CCC(C(=O)N(C(=O)[C@@H](N)Cc2ccc(-c3ccc(C(F)(F)F)nc3)cc2)c2ccc(-c3nn[nH]n3)cc2)CC1. The number of anilines is 1. The molecule has 2 aromatic carbocycles. The average molecular weight is 593 g/mol. The van der Waals surface area contributed by atoms with Crippen molar-refractivity contribution >= 4 is 17.5 Å². The lowest BCUT2D eigenvalue weighted by Crippen LogP contribution is -2.50. The zero-order valence-electron chi connectivity index (χ0n) is 23.2. The Morgan fingerprint density at radius 1 is 0.930 bits per heavy atom. The van der Waals surface area contributed by atoms with Gasteiger partial charge in [0.05, 0.1) is 11.7 Å². The van der Waals surface area contributed by atoms with Crippen molar-refractivity contribution in [3.8, 4) is 22.5 Å². The number of tetrazole rings is 1. The first-order valence-electron chi connectivity index (χ1n) is 13.9. The predicted octanol–water partition coefficient (Wildman–Crippen LogP) is 4.14. The topological polar surface area (TPSA) is 157 Å². The minimum Gasteiger partial charge on any atom is -0.330 e. The zero-order chi connectivity index (χ0) is 30.6. The molecule has 2 aromatic heterocycles. The van der Waals surface area contributed by atoms with Crippen LogP contribution in [0.1, 0.15) is 36.9 Å². The van der Waals surface area contributed by atoms with E-state index in [2.05, 4.69) is 25.6 Å². The fraction of sp³-hybridized carbons (Fsp3) is 0.333. The van der Waals surface area contributed by atoms with E-state index in [1.807, 2.05) is 0 Å². The number of carbonyl (C=O) groups is 2. The van der Waals surface area contributed by atoms with Crippen molar-refractivity contribution in [3.05, 3.63) is 78.1 Å². The molecule has 13 heteroatoms. The van der Waals surface area contributed by atoms with Gasteiger partial charge in [-0.2, -0.15) is 18.4 Å². The third-order valence-corrected chi connectivity index (χ3v) is 7.81. The Kier molecular flexibility index (Phi) is 8.92. The van der Waals surface area contributed by atoms with E-state index < -0.39 is 23.8 Å². The lowest BCUT2D eigenvalue weighted by molar-refractivity contribution is -0.141. The van der Waals surface area contributed by atoms with Gasteiger partial charge >= 0.3 is 6.18 Å². The van der Waals surface area contributed by atoms with Crippen LogP contribution in [0.15, 0.2) is 66.9 Å². The first kappa shape index (κ1) is 30.0. The van der Waals surface area contributed by atoms with Crippen LogP contribution >= 0.6 is 0 Å². The van der Waals surface area contributed by atoms with Gasteiger partial charge in [-0.25, -0.2) is 4.90 Å². The van der Waals surface area contributed by atoms with Crippen LogP contribution in [0.5, 0.6) is 0 Å². The maximum Gasteiger partial charge on any atom is 0.433 e. The molecule has 1 aliphatic rings. The minimum absolute atomic E-state index is 0.148. The number of alkyl halides is 3. The molecule has 0 radical (unpaired) electrons. The molecule has 2 amide bonds. The number of imide groups is 1. The van der Waals surface area contributed by atoms with E-state index in [1.165, 1.54) is 17.2 Å².